The Hall–Kier alpha value is -1.54. The van der Waals surface area contributed by atoms with Gasteiger partial charge in [0.05, 0.1) is 0 Å². The third kappa shape index (κ3) is 2.01. The van der Waals surface area contributed by atoms with Crippen molar-refractivity contribution in [2.45, 2.75) is 0 Å². The van der Waals surface area contributed by atoms with E-state index in [-0.39, 0.29) is 1.43 Å². The molecule has 0 saturated carbocycles. The molecule has 0 amide bonds. The van der Waals surface area contributed by atoms with E-state index in [9.17, 15) is 0 Å². The lowest BCUT2D eigenvalue weighted by atomic mass is 10.1. The monoisotopic (exact) mass is 227 g/mol. The van der Waals surface area contributed by atoms with Gasteiger partial charge in [0.15, 0.2) is 0 Å². The van der Waals surface area contributed by atoms with Crippen molar-refractivity contribution in [1.29, 1.82) is 0 Å². The fourth-order valence-corrected chi connectivity index (χ4v) is 2.53. The summed E-state index contributed by atoms with van der Waals surface area (Å²) in [6.45, 7) is 4.57. The summed E-state index contributed by atoms with van der Waals surface area (Å²) in [7, 11) is 2.19. The lowest BCUT2D eigenvalue weighted by molar-refractivity contribution is 0.313. The number of likely N-dealkylation sites (N-methyl/N-ethyl adjacent to an activating group) is 1. The second kappa shape index (κ2) is 4.38. The van der Waals surface area contributed by atoms with Crippen LogP contribution in [0.25, 0.3) is 10.8 Å². The molecule has 88 valence electrons. The predicted octanol–water partition coefficient (Wildman–Crippen LogP) is 2.70. The van der Waals surface area contributed by atoms with E-state index in [1.165, 1.54) is 16.5 Å². The molecule has 0 bridgehead atoms. The fourth-order valence-electron chi connectivity index (χ4n) is 2.53. The number of benzene rings is 2. The highest BCUT2D eigenvalue weighted by molar-refractivity contribution is 5.94. The largest absolute Gasteiger partial charge is 1.00 e. The number of hydrogen-bond acceptors (Lipinski definition) is 2. The third-order valence-corrected chi connectivity index (χ3v) is 3.61. The molecule has 1 heterocycles. The number of piperazine rings is 1. The van der Waals surface area contributed by atoms with Gasteiger partial charge in [-0.05, 0) is 18.5 Å². The van der Waals surface area contributed by atoms with Crippen LogP contribution in [-0.4, -0.2) is 38.1 Å². The zero-order valence-electron chi connectivity index (χ0n) is 11.3. The van der Waals surface area contributed by atoms with E-state index in [1.807, 2.05) is 0 Å². The van der Waals surface area contributed by atoms with Crippen LogP contribution < -0.4 is 4.90 Å². The first kappa shape index (κ1) is 10.6. The molecule has 0 spiro atoms. The molecule has 0 unspecified atom stereocenters. The maximum Gasteiger partial charge on any atom is 1.00 e. The van der Waals surface area contributed by atoms with Crippen molar-refractivity contribution in [3.05, 3.63) is 42.5 Å². The topological polar surface area (TPSA) is 6.48 Å². The second-order valence-corrected chi connectivity index (χ2v) is 4.79. The Bertz CT molecular complexity index is 513. The van der Waals surface area contributed by atoms with Crippen LogP contribution in [0.2, 0.25) is 0 Å². The predicted molar refractivity (Wildman–Crippen MR) is 74.8 cm³/mol. The molecule has 2 nitrogen and oxygen atoms in total. The maximum atomic E-state index is 2.50. The Kier molecular flexibility index (Phi) is 2.73. The van der Waals surface area contributed by atoms with Crippen molar-refractivity contribution in [2.75, 3.05) is 38.1 Å². The van der Waals surface area contributed by atoms with Crippen LogP contribution in [0, 0.1) is 0 Å². The van der Waals surface area contributed by atoms with Crippen molar-refractivity contribution in [3.63, 3.8) is 0 Å². The average molecular weight is 227 g/mol. The zero-order valence-corrected chi connectivity index (χ0v) is 10.3. The second-order valence-electron chi connectivity index (χ2n) is 4.79. The minimum atomic E-state index is 0. The molecule has 0 radical (unpaired) electrons. The van der Waals surface area contributed by atoms with Crippen molar-refractivity contribution >= 4 is 16.5 Å². The molecule has 2 heteroatoms. The van der Waals surface area contributed by atoms with Crippen molar-refractivity contribution < 1.29 is 1.43 Å². The SMILES string of the molecule is CN1CCN(c2cccc3ccccc23)CC1.[H+]. The third-order valence-electron chi connectivity index (χ3n) is 3.61. The molecule has 1 aliphatic rings. The van der Waals surface area contributed by atoms with Gasteiger partial charge in [0.1, 0.15) is 0 Å². The first-order chi connectivity index (χ1) is 8.34. The maximum absolute atomic E-state index is 2.50. The molecule has 0 aromatic heterocycles. The van der Waals surface area contributed by atoms with Crippen LogP contribution in [0.1, 0.15) is 1.43 Å². The molecular formula is C15H19N2+. The van der Waals surface area contributed by atoms with Crippen LogP contribution in [0.4, 0.5) is 5.69 Å². The Labute approximate surface area is 104 Å². The molecule has 17 heavy (non-hydrogen) atoms. The zero-order chi connectivity index (χ0) is 11.7. The van der Waals surface area contributed by atoms with E-state index in [4.69, 9.17) is 0 Å². The molecule has 0 atom stereocenters. The molecule has 0 N–H and O–H groups in total. The molecule has 2 aromatic carbocycles. The van der Waals surface area contributed by atoms with Crippen molar-refractivity contribution in [1.82, 2.24) is 4.90 Å². The fraction of sp³-hybridized carbons (Fsp3) is 0.333. The number of hydrogen-bond donors (Lipinski definition) is 0. The number of rotatable bonds is 1. The van der Waals surface area contributed by atoms with Crippen molar-refractivity contribution in [3.8, 4) is 0 Å². The molecule has 3 rings (SSSR count). The van der Waals surface area contributed by atoms with Gasteiger partial charge in [0, 0.05) is 37.3 Å². The summed E-state index contributed by atoms with van der Waals surface area (Å²) in [4.78, 5) is 4.89. The van der Waals surface area contributed by atoms with Gasteiger partial charge < -0.3 is 9.80 Å². The van der Waals surface area contributed by atoms with Gasteiger partial charge >= 0.3 is 1.43 Å². The lowest BCUT2D eigenvalue weighted by Crippen LogP contribution is -2.44. The molecule has 1 saturated heterocycles. The van der Waals surface area contributed by atoms with Gasteiger partial charge in [-0.25, -0.2) is 0 Å². The highest BCUT2D eigenvalue weighted by Crippen LogP contribution is 2.27. The highest BCUT2D eigenvalue weighted by atomic mass is 15.2. The number of fused-ring (bicyclic) bond motifs is 1. The van der Waals surface area contributed by atoms with Crippen LogP contribution >= 0.6 is 0 Å². The Morgan fingerprint density at radius 1 is 0.882 bits per heavy atom. The van der Waals surface area contributed by atoms with Gasteiger partial charge in [0.25, 0.3) is 0 Å². The average Bonchev–Trinajstić information content (AvgIpc) is 2.39. The van der Waals surface area contributed by atoms with E-state index < -0.39 is 0 Å². The van der Waals surface area contributed by atoms with E-state index in [2.05, 4.69) is 59.3 Å². The molecule has 2 aromatic rings. The van der Waals surface area contributed by atoms with Crippen LogP contribution in [0.3, 0.4) is 0 Å². The Balaban J connectivity index is 0.00000120. The summed E-state index contributed by atoms with van der Waals surface area (Å²) in [6.07, 6.45) is 0. The van der Waals surface area contributed by atoms with Crippen LogP contribution in [0.15, 0.2) is 42.5 Å². The minimum Gasteiger partial charge on any atom is -0.368 e. The number of nitrogens with zero attached hydrogens (tertiary/aromatic N) is 2. The smallest absolute Gasteiger partial charge is 0.368 e. The van der Waals surface area contributed by atoms with Gasteiger partial charge in [-0.1, -0.05) is 36.4 Å². The summed E-state index contributed by atoms with van der Waals surface area (Å²) in [6, 6.07) is 15.2. The van der Waals surface area contributed by atoms with Gasteiger partial charge in [-0.2, -0.15) is 0 Å². The van der Waals surface area contributed by atoms with Gasteiger partial charge in [0.2, 0.25) is 0 Å². The summed E-state index contributed by atoms with van der Waals surface area (Å²) in [5.41, 5.74) is 1.39. The summed E-state index contributed by atoms with van der Waals surface area (Å²) < 4.78 is 0. The first-order valence-electron chi connectivity index (χ1n) is 6.26. The summed E-state index contributed by atoms with van der Waals surface area (Å²) in [5, 5.41) is 2.71. The molecule has 1 aliphatic heterocycles. The highest BCUT2D eigenvalue weighted by Gasteiger charge is 2.15. The summed E-state index contributed by atoms with van der Waals surface area (Å²) >= 11 is 0. The van der Waals surface area contributed by atoms with Gasteiger partial charge in [-0.15, -0.1) is 0 Å². The van der Waals surface area contributed by atoms with E-state index >= 15 is 0 Å². The Morgan fingerprint density at radius 3 is 2.41 bits per heavy atom. The normalized spacial score (nSPS) is 17.6. The van der Waals surface area contributed by atoms with Crippen molar-refractivity contribution in [2.24, 2.45) is 0 Å². The standard InChI is InChI=1S/C15H18N2/c1-16-9-11-17(12-10-16)15-8-4-6-13-5-2-3-7-14(13)15/h2-8H,9-12H2,1H3/p+1. The molecular weight excluding hydrogens is 208 g/mol. The van der Waals surface area contributed by atoms with E-state index in [0.717, 1.165) is 26.2 Å². The van der Waals surface area contributed by atoms with E-state index in [1.54, 1.807) is 0 Å². The Morgan fingerprint density at radius 2 is 1.59 bits per heavy atom. The van der Waals surface area contributed by atoms with Gasteiger partial charge in [-0.3, -0.25) is 0 Å². The van der Waals surface area contributed by atoms with E-state index in [0.29, 0.717) is 0 Å². The summed E-state index contributed by atoms with van der Waals surface area (Å²) in [5.74, 6) is 0. The number of anilines is 1. The quantitative estimate of drug-likeness (QED) is 0.739. The molecule has 1 fully saturated rings. The molecule has 0 aliphatic carbocycles. The minimum absolute atomic E-state index is 0. The first-order valence-corrected chi connectivity index (χ1v) is 6.26. The van der Waals surface area contributed by atoms with Crippen LogP contribution in [-0.2, 0) is 0 Å². The van der Waals surface area contributed by atoms with Crippen LogP contribution in [0.5, 0.6) is 0 Å². The lowest BCUT2D eigenvalue weighted by Gasteiger charge is -2.34.